The summed E-state index contributed by atoms with van der Waals surface area (Å²) in [5.74, 6) is 0.669. The van der Waals surface area contributed by atoms with Crippen LogP contribution in [0.25, 0.3) is 16.5 Å². The molecular formula is C24H18BrNO2S. The Balaban J connectivity index is 1.49. The number of methoxy groups -OCH3 is 1. The highest BCUT2D eigenvalue weighted by molar-refractivity contribution is 9.10. The number of carbonyl (C=O) groups excluding carboxylic acids is 1. The second-order valence-corrected chi connectivity index (χ2v) is 8.39. The molecule has 0 saturated heterocycles. The van der Waals surface area contributed by atoms with Gasteiger partial charge in [-0.2, -0.15) is 0 Å². The first-order chi connectivity index (χ1) is 14.1. The molecule has 0 spiro atoms. The summed E-state index contributed by atoms with van der Waals surface area (Å²) in [4.78, 5) is 14.4. The normalized spacial score (nSPS) is 12.3. The van der Waals surface area contributed by atoms with Crippen LogP contribution in [0.3, 0.4) is 0 Å². The second-order valence-electron chi connectivity index (χ2n) is 6.45. The topological polar surface area (TPSA) is 38.3 Å². The van der Waals surface area contributed by atoms with Crippen molar-refractivity contribution in [2.24, 2.45) is 0 Å². The minimum absolute atomic E-state index is 0.127. The van der Waals surface area contributed by atoms with E-state index in [4.69, 9.17) is 4.74 Å². The standard InChI is InChI=1S/C24H18BrNO2S/c1-28-19-8-4-7-18(15-19)22-11-12-23(29-22)24(27)26-21-10-9-17(14-20(21)25)13-16-5-2-3-6-16/h2-15H,1H3,(H,26,27). The Labute approximate surface area is 182 Å². The molecule has 29 heavy (non-hydrogen) atoms. The molecule has 1 aliphatic carbocycles. The monoisotopic (exact) mass is 463 g/mol. The van der Waals surface area contributed by atoms with Gasteiger partial charge < -0.3 is 10.1 Å². The van der Waals surface area contributed by atoms with Gasteiger partial charge in [-0.05, 0) is 75.1 Å². The van der Waals surface area contributed by atoms with Crippen molar-refractivity contribution >= 4 is 44.9 Å². The van der Waals surface area contributed by atoms with Crippen LogP contribution in [0, 0.1) is 0 Å². The summed E-state index contributed by atoms with van der Waals surface area (Å²) in [5.41, 5.74) is 3.99. The van der Waals surface area contributed by atoms with Gasteiger partial charge in [-0.3, -0.25) is 4.79 Å². The SMILES string of the molecule is COc1cccc(-c2ccc(C(=O)Nc3ccc(C=C4C=CC=C4)cc3Br)s2)c1. The fourth-order valence-corrected chi connectivity index (χ4v) is 4.37. The number of hydrogen-bond acceptors (Lipinski definition) is 3. The molecule has 1 aromatic heterocycles. The van der Waals surface area contributed by atoms with E-state index in [0.29, 0.717) is 4.88 Å². The van der Waals surface area contributed by atoms with E-state index in [-0.39, 0.29) is 5.91 Å². The molecule has 0 radical (unpaired) electrons. The maximum absolute atomic E-state index is 12.7. The van der Waals surface area contributed by atoms with Crippen molar-refractivity contribution in [3.8, 4) is 16.2 Å². The van der Waals surface area contributed by atoms with Gasteiger partial charge >= 0.3 is 0 Å². The number of benzene rings is 2. The van der Waals surface area contributed by atoms with Crippen molar-refractivity contribution in [1.82, 2.24) is 0 Å². The smallest absolute Gasteiger partial charge is 0.265 e. The molecule has 5 heteroatoms. The summed E-state index contributed by atoms with van der Waals surface area (Å²) in [6.45, 7) is 0. The third kappa shape index (κ3) is 4.58. The van der Waals surface area contributed by atoms with Gasteiger partial charge in [0.1, 0.15) is 5.75 Å². The van der Waals surface area contributed by atoms with E-state index in [2.05, 4.69) is 39.5 Å². The fraction of sp³-hybridized carbons (Fsp3) is 0.0417. The minimum atomic E-state index is -0.127. The van der Waals surface area contributed by atoms with Crippen LogP contribution in [-0.4, -0.2) is 13.0 Å². The summed E-state index contributed by atoms with van der Waals surface area (Å²) in [5, 5.41) is 2.99. The number of thiophene rings is 1. The molecule has 4 rings (SSSR count). The van der Waals surface area contributed by atoms with Crippen molar-refractivity contribution in [2.45, 2.75) is 0 Å². The van der Waals surface area contributed by atoms with Crippen LogP contribution >= 0.6 is 27.3 Å². The molecule has 3 aromatic rings. The Morgan fingerprint density at radius 3 is 2.66 bits per heavy atom. The Morgan fingerprint density at radius 1 is 1.07 bits per heavy atom. The number of carbonyl (C=O) groups is 1. The summed E-state index contributed by atoms with van der Waals surface area (Å²) < 4.78 is 6.13. The van der Waals surface area contributed by atoms with Gasteiger partial charge in [0.2, 0.25) is 0 Å². The lowest BCUT2D eigenvalue weighted by atomic mass is 10.1. The van der Waals surface area contributed by atoms with Crippen LogP contribution in [0.5, 0.6) is 5.75 Å². The molecule has 0 bridgehead atoms. The fourth-order valence-electron chi connectivity index (χ4n) is 2.98. The molecule has 1 heterocycles. The Kier molecular flexibility index (Phi) is 5.79. The zero-order chi connectivity index (χ0) is 20.2. The summed E-state index contributed by atoms with van der Waals surface area (Å²) in [6, 6.07) is 17.5. The third-order valence-corrected chi connectivity index (χ3v) is 6.24. The van der Waals surface area contributed by atoms with Crippen LogP contribution in [0.2, 0.25) is 0 Å². The number of nitrogens with one attached hydrogen (secondary N) is 1. The van der Waals surface area contributed by atoms with E-state index in [1.807, 2.05) is 66.7 Å². The number of ether oxygens (including phenoxy) is 1. The van der Waals surface area contributed by atoms with Crippen molar-refractivity contribution in [2.75, 3.05) is 12.4 Å². The van der Waals surface area contributed by atoms with Crippen LogP contribution < -0.4 is 10.1 Å². The lowest BCUT2D eigenvalue weighted by Gasteiger charge is -2.07. The molecule has 144 valence electrons. The quantitative estimate of drug-likeness (QED) is 0.444. The van der Waals surface area contributed by atoms with E-state index in [1.54, 1.807) is 7.11 Å². The number of anilines is 1. The predicted octanol–water partition coefficient (Wildman–Crippen LogP) is 6.95. The van der Waals surface area contributed by atoms with Crippen LogP contribution in [0.1, 0.15) is 15.2 Å². The van der Waals surface area contributed by atoms with Crippen molar-refractivity contribution < 1.29 is 9.53 Å². The Morgan fingerprint density at radius 2 is 1.90 bits per heavy atom. The summed E-state index contributed by atoms with van der Waals surface area (Å²) >= 11 is 5.02. The van der Waals surface area contributed by atoms with Crippen molar-refractivity contribution in [1.29, 1.82) is 0 Å². The van der Waals surface area contributed by atoms with Gasteiger partial charge in [-0.1, -0.05) is 42.5 Å². The maximum Gasteiger partial charge on any atom is 0.265 e. The summed E-state index contributed by atoms with van der Waals surface area (Å²) in [6.07, 6.45) is 10.2. The Bertz CT molecular complexity index is 1140. The first kappa shape index (κ1) is 19.4. The molecular weight excluding hydrogens is 446 g/mol. The Hall–Kier alpha value is -2.89. The van der Waals surface area contributed by atoms with Crippen LogP contribution in [-0.2, 0) is 0 Å². The predicted molar refractivity (Wildman–Crippen MR) is 125 cm³/mol. The van der Waals surface area contributed by atoms with Gasteiger partial charge in [0, 0.05) is 9.35 Å². The van der Waals surface area contributed by atoms with E-state index in [0.717, 1.165) is 37.5 Å². The molecule has 0 atom stereocenters. The van der Waals surface area contributed by atoms with Gasteiger partial charge in [0.15, 0.2) is 0 Å². The second kappa shape index (κ2) is 8.64. The average molecular weight is 464 g/mol. The highest BCUT2D eigenvalue weighted by atomic mass is 79.9. The molecule has 0 fully saturated rings. The van der Waals surface area contributed by atoms with Crippen LogP contribution in [0.15, 0.2) is 88.9 Å². The minimum Gasteiger partial charge on any atom is -0.497 e. The number of rotatable bonds is 5. The molecule has 1 N–H and O–H groups in total. The molecule has 1 aliphatic rings. The number of amides is 1. The zero-order valence-corrected chi connectivity index (χ0v) is 18.1. The molecule has 3 nitrogen and oxygen atoms in total. The molecule has 1 amide bonds. The lowest BCUT2D eigenvalue weighted by Crippen LogP contribution is -2.10. The van der Waals surface area contributed by atoms with Crippen molar-refractivity contribution in [3.63, 3.8) is 0 Å². The average Bonchev–Trinajstić information content (AvgIpc) is 3.42. The van der Waals surface area contributed by atoms with Crippen LogP contribution in [0.4, 0.5) is 5.69 Å². The van der Waals surface area contributed by atoms with Gasteiger partial charge in [0.25, 0.3) is 5.91 Å². The molecule has 0 saturated carbocycles. The lowest BCUT2D eigenvalue weighted by molar-refractivity contribution is 0.103. The first-order valence-electron chi connectivity index (χ1n) is 9.04. The first-order valence-corrected chi connectivity index (χ1v) is 10.6. The highest BCUT2D eigenvalue weighted by Gasteiger charge is 2.13. The molecule has 0 unspecified atom stereocenters. The van der Waals surface area contributed by atoms with E-state index >= 15 is 0 Å². The number of hydrogen-bond donors (Lipinski definition) is 1. The van der Waals surface area contributed by atoms with E-state index in [9.17, 15) is 4.79 Å². The molecule has 2 aromatic carbocycles. The van der Waals surface area contributed by atoms with Crippen molar-refractivity contribution in [3.05, 3.63) is 99.4 Å². The maximum atomic E-state index is 12.7. The van der Waals surface area contributed by atoms with Gasteiger partial charge in [-0.15, -0.1) is 11.3 Å². The molecule has 0 aliphatic heterocycles. The van der Waals surface area contributed by atoms with E-state index in [1.165, 1.54) is 11.3 Å². The third-order valence-electron chi connectivity index (χ3n) is 4.45. The van der Waals surface area contributed by atoms with Gasteiger partial charge in [0.05, 0.1) is 17.7 Å². The highest BCUT2D eigenvalue weighted by Crippen LogP contribution is 2.32. The number of allylic oxidation sites excluding steroid dienone is 5. The summed E-state index contributed by atoms with van der Waals surface area (Å²) in [7, 11) is 1.65. The number of halogens is 1. The van der Waals surface area contributed by atoms with E-state index < -0.39 is 0 Å². The van der Waals surface area contributed by atoms with Gasteiger partial charge in [-0.25, -0.2) is 0 Å². The zero-order valence-electron chi connectivity index (χ0n) is 15.7. The largest absolute Gasteiger partial charge is 0.497 e.